The maximum atomic E-state index is 12.7. The zero-order chi connectivity index (χ0) is 15.5. The lowest BCUT2D eigenvalue weighted by molar-refractivity contribution is -0.149. The van der Waals surface area contributed by atoms with Crippen LogP contribution in [-0.2, 0) is 9.47 Å². The third-order valence-electron chi connectivity index (χ3n) is 2.57. The lowest BCUT2D eigenvalue weighted by Gasteiger charge is -2.19. The number of hydrogen-bond acceptors (Lipinski definition) is 5. The van der Waals surface area contributed by atoms with Gasteiger partial charge in [0.05, 0.1) is 25.3 Å². The molecule has 0 spiro atoms. The number of methoxy groups -OCH3 is 2. The fraction of sp³-hybridized carbons (Fsp3) is 0.333. The van der Waals surface area contributed by atoms with Crippen LogP contribution in [0.15, 0.2) is 18.2 Å². The Morgan fingerprint density at radius 3 is 2.15 bits per heavy atom. The number of nitrogens with two attached hydrogens (primary N) is 1. The minimum atomic E-state index is -4.77. The van der Waals surface area contributed by atoms with E-state index in [0.29, 0.717) is 0 Å². The molecule has 1 rings (SSSR count). The molecule has 110 valence electrons. The summed E-state index contributed by atoms with van der Waals surface area (Å²) in [6.45, 7) is 0. The van der Waals surface area contributed by atoms with E-state index in [2.05, 4.69) is 9.47 Å². The Bertz CT molecular complexity index is 528. The molecule has 20 heavy (non-hydrogen) atoms. The van der Waals surface area contributed by atoms with Crippen molar-refractivity contribution >= 4 is 11.9 Å². The number of esters is 2. The summed E-state index contributed by atoms with van der Waals surface area (Å²) in [5, 5.41) is 0. The number of carbonyl (C=O) groups is 2. The predicted octanol–water partition coefficient (Wildman–Crippen LogP) is 1.82. The third-order valence-corrected chi connectivity index (χ3v) is 2.57. The molecule has 5 nitrogen and oxygen atoms in total. The van der Waals surface area contributed by atoms with E-state index in [1.54, 1.807) is 0 Å². The predicted molar refractivity (Wildman–Crippen MR) is 62.1 cm³/mol. The summed E-state index contributed by atoms with van der Waals surface area (Å²) in [7, 11) is 2.11. The summed E-state index contributed by atoms with van der Waals surface area (Å²) in [6, 6.07) is 0.654. The van der Waals surface area contributed by atoms with Gasteiger partial charge >= 0.3 is 18.1 Å². The molecule has 0 bridgehead atoms. The van der Waals surface area contributed by atoms with Crippen molar-refractivity contribution in [1.29, 1.82) is 0 Å². The normalized spacial score (nSPS) is 12.7. The van der Waals surface area contributed by atoms with Crippen molar-refractivity contribution in [3.8, 4) is 0 Å². The van der Waals surface area contributed by atoms with Crippen molar-refractivity contribution in [1.82, 2.24) is 0 Å². The summed E-state index contributed by atoms with van der Waals surface area (Å²) in [6.07, 6.45) is -4.77. The largest absolute Gasteiger partial charge is 0.465 e. The van der Waals surface area contributed by atoms with Crippen molar-refractivity contribution in [3.63, 3.8) is 0 Å². The smallest absolute Gasteiger partial charge is 0.407 e. The van der Waals surface area contributed by atoms with Crippen molar-refractivity contribution in [2.45, 2.75) is 12.2 Å². The van der Waals surface area contributed by atoms with E-state index in [1.165, 1.54) is 0 Å². The molecule has 1 aromatic rings. The SMILES string of the molecule is COC(=O)c1ccc(C(=O)OC)c([C@H](N)C(F)(F)F)c1. The number of alkyl halides is 3. The quantitative estimate of drug-likeness (QED) is 0.859. The van der Waals surface area contributed by atoms with E-state index in [-0.39, 0.29) is 11.1 Å². The van der Waals surface area contributed by atoms with Crippen LogP contribution < -0.4 is 5.73 Å². The van der Waals surface area contributed by atoms with Crippen LogP contribution >= 0.6 is 0 Å². The van der Waals surface area contributed by atoms with E-state index < -0.39 is 29.7 Å². The second-order valence-corrected chi connectivity index (χ2v) is 3.80. The van der Waals surface area contributed by atoms with Crippen LogP contribution in [0.1, 0.15) is 32.3 Å². The lowest BCUT2D eigenvalue weighted by Crippen LogP contribution is -2.30. The molecule has 8 heteroatoms. The van der Waals surface area contributed by atoms with Gasteiger partial charge in [0.1, 0.15) is 6.04 Å². The molecular weight excluding hydrogens is 279 g/mol. The van der Waals surface area contributed by atoms with Crippen LogP contribution in [0.2, 0.25) is 0 Å². The van der Waals surface area contributed by atoms with Gasteiger partial charge in [-0.3, -0.25) is 0 Å². The van der Waals surface area contributed by atoms with Crippen molar-refractivity contribution in [3.05, 3.63) is 34.9 Å². The molecule has 0 fully saturated rings. The van der Waals surface area contributed by atoms with Gasteiger partial charge in [0.25, 0.3) is 0 Å². The summed E-state index contributed by atoms with van der Waals surface area (Å²) in [4.78, 5) is 22.8. The molecule has 0 unspecified atom stereocenters. The molecule has 0 saturated heterocycles. The number of hydrogen-bond donors (Lipinski definition) is 1. The highest BCUT2D eigenvalue weighted by molar-refractivity contribution is 5.95. The van der Waals surface area contributed by atoms with E-state index in [0.717, 1.165) is 32.4 Å². The number of ether oxygens (including phenoxy) is 2. The van der Waals surface area contributed by atoms with E-state index >= 15 is 0 Å². The first-order valence-corrected chi connectivity index (χ1v) is 5.35. The summed E-state index contributed by atoms with van der Waals surface area (Å²) in [5.41, 5.74) is 4.04. The summed E-state index contributed by atoms with van der Waals surface area (Å²) < 4.78 is 46.9. The average molecular weight is 291 g/mol. The average Bonchev–Trinajstić information content (AvgIpc) is 2.43. The Morgan fingerprint density at radius 1 is 1.15 bits per heavy atom. The fourth-order valence-electron chi connectivity index (χ4n) is 1.54. The fourth-order valence-corrected chi connectivity index (χ4v) is 1.54. The van der Waals surface area contributed by atoms with Gasteiger partial charge < -0.3 is 15.2 Å². The molecule has 0 amide bonds. The Hall–Kier alpha value is -2.09. The van der Waals surface area contributed by atoms with Gasteiger partial charge in [-0.1, -0.05) is 0 Å². The maximum absolute atomic E-state index is 12.7. The maximum Gasteiger partial charge on any atom is 0.407 e. The van der Waals surface area contributed by atoms with Gasteiger partial charge in [-0.15, -0.1) is 0 Å². The Balaban J connectivity index is 3.41. The molecule has 0 aromatic heterocycles. The van der Waals surface area contributed by atoms with Crippen molar-refractivity contribution in [2.75, 3.05) is 14.2 Å². The Morgan fingerprint density at radius 2 is 1.70 bits per heavy atom. The van der Waals surface area contributed by atoms with Crippen LogP contribution in [0.25, 0.3) is 0 Å². The first-order chi connectivity index (χ1) is 9.22. The highest BCUT2D eigenvalue weighted by atomic mass is 19.4. The van der Waals surface area contributed by atoms with E-state index in [4.69, 9.17) is 5.73 Å². The highest BCUT2D eigenvalue weighted by Crippen LogP contribution is 2.33. The molecule has 0 aliphatic rings. The number of carbonyl (C=O) groups excluding carboxylic acids is 2. The van der Waals surface area contributed by atoms with Crippen molar-refractivity contribution in [2.24, 2.45) is 5.73 Å². The third kappa shape index (κ3) is 3.27. The van der Waals surface area contributed by atoms with E-state index in [1.807, 2.05) is 0 Å². The van der Waals surface area contributed by atoms with Gasteiger partial charge in [0.15, 0.2) is 0 Å². The van der Waals surface area contributed by atoms with Gasteiger partial charge in [-0.2, -0.15) is 13.2 Å². The van der Waals surface area contributed by atoms with Gasteiger partial charge in [-0.05, 0) is 23.8 Å². The topological polar surface area (TPSA) is 78.6 Å². The number of halogens is 3. The lowest BCUT2D eigenvalue weighted by atomic mass is 9.97. The zero-order valence-corrected chi connectivity index (χ0v) is 10.7. The summed E-state index contributed by atoms with van der Waals surface area (Å²) in [5.74, 6) is -1.81. The highest BCUT2D eigenvalue weighted by Gasteiger charge is 2.40. The minimum Gasteiger partial charge on any atom is -0.465 e. The van der Waals surface area contributed by atoms with Crippen LogP contribution in [0, 0.1) is 0 Å². The van der Waals surface area contributed by atoms with Crippen LogP contribution in [0.3, 0.4) is 0 Å². The second kappa shape index (κ2) is 5.91. The van der Waals surface area contributed by atoms with Gasteiger partial charge in [0, 0.05) is 0 Å². The van der Waals surface area contributed by atoms with Crippen molar-refractivity contribution < 1.29 is 32.2 Å². The van der Waals surface area contributed by atoms with Crippen LogP contribution in [0.4, 0.5) is 13.2 Å². The van der Waals surface area contributed by atoms with Crippen LogP contribution in [0.5, 0.6) is 0 Å². The Labute approximate surface area is 112 Å². The standard InChI is InChI=1S/C12H12F3NO4/c1-19-10(17)6-3-4-7(11(18)20-2)8(5-6)9(16)12(13,14)15/h3-5,9H,16H2,1-2H3/t9-/m0/s1. The molecule has 1 aromatic carbocycles. The second-order valence-electron chi connectivity index (χ2n) is 3.80. The first kappa shape index (κ1) is 16.0. The monoisotopic (exact) mass is 291 g/mol. The van der Waals surface area contributed by atoms with Gasteiger partial charge in [-0.25, -0.2) is 9.59 Å². The minimum absolute atomic E-state index is 0.144. The zero-order valence-electron chi connectivity index (χ0n) is 10.7. The molecular formula is C12H12F3NO4. The molecule has 2 N–H and O–H groups in total. The molecule has 0 aliphatic heterocycles. The van der Waals surface area contributed by atoms with E-state index in [9.17, 15) is 22.8 Å². The molecule has 1 atom stereocenters. The van der Waals surface area contributed by atoms with Gasteiger partial charge in [0.2, 0.25) is 0 Å². The molecule has 0 aliphatic carbocycles. The molecule has 0 radical (unpaired) electrons. The summed E-state index contributed by atoms with van der Waals surface area (Å²) >= 11 is 0. The first-order valence-electron chi connectivity index (χ1n) is 5.35. The molecule has 0 heterocycles. The molecule has 0 saturated carbocycles. The Kier molecular flexibility index (Phi) is 4.72. The van der Waals surface area contributed by atoms with Crippen LogP contribution in [-0.4, -0.2) is 32.3 Å². The number of benzene rings is 1. The number of rotatable bonds is 3.